The molecule has 2 rings (SSSR count). The molecule has 0 saturated heterocycles. The number of phenols is 1. The van der Waals surface area contributed by atoms with Gasteiger partial charge in [-0.05, 0) is 23.6 Å². The molecule has 0 fully saturated rings. The first-order chi connectivity index (χ1) is 10.1. The molecule has 21 heavy (non-hydrogen) atoms. The molecular formula is C13H11N3O4S. The molecule has 0 atom stereocenters. The molecule has 2 aromatic rings. The normalized spacial score (nSPS) is 10.7. The lowest BCUT2D eigenvalue weighted by atomic mass is 10.2. The van der Waals surface area contributed by atoms with Gasteiger partial charge >= 0.3 is 5.69 Å². The van der Waals surface area contributed by atoms with Crippen LogP contribution in [-0.2, 0) is 11.2 Å². The SMILES string of the molecule is O=C(Cc1cccs1)N/N=C/c1ccc(O)c([N+](=O)[O-])c1. The van der Waals surface area contributed by atoms with Crippen LogP contribution in [0.1, 0.15) is 10.4 Å². The third kappa shape index (κ3) is 4.11. The van der Waals surface area contributed by atoms with Gasteiger partial charge in [0.15, 0.2) is 5.75 Å². The fraction of sp³-hybridized carbons (Fsp3) is 0.0769. The number of amides is 1. The van der Waals surface area contributed by atoms with Crippen LogP contribution < -0.4 is 5.43 Å². The van der Waals surface area contributed by atoms with Crippen molar-refractivity contribution in [3.8, 4) is 5.75 Å². The van der Waals surface area contributed by atoms with Crippen LogP contribution in [0, 0.1) is 10.1 Å². The summed E-state index contributed by atoms with van der Waals surface area (Å²) in [5, 5.41) is 25.6. The summed E-state index contributed by atoms with van der Waals surface area (Å²) in [6, 6.07) is 7.53. The van der Waals surface area contributed by atoms with Gasteiger partial charge in [0.05, 0.1) is 17.6 Å². The standard InChI is InChI=1S/C13H11N3O4S/c17-12-4-3-9(6-11(12)16(19)20)8-14-15-13(18)7-10-2-1-5-21-10/h1-6,8,17H,7H2,(H,15,18)/b14-8+. The average molecular weight is 305 g/mol. The van der Waals surface area contributed by atoms with E-state index in [-0.39, 0.29) is 12.3 Å². The molecule has 0 aliphatic heterocycles. The maximum absolute atomic E-state index is 11.6. The number of hydrogen-bond donors (Lipinski definition) is 2. The molecule has 1 aromatic carbocycles. The van der Waals surface area contributed by atoms with Crippen molar-refractivity contribution in [2.75, 3.05) is 0 Å². The van der Waals surface area contributed by atoms with E-state index in [4.69, 9.17) is 0 Å². The first-order valence-electron chi connectivity index (χ1n) is 5.88. The summed E-state index contributed by atoms with van der Waals surface area (Å²) >= 11 is 1.47. The van der Waals surface area contributed by atoms with Gasteiger partial charge in [-0.3, -0.25) is 14.9 Å². The van der Waals surface area contributed by atoms with Crippen LogP contribution in [0.25, 0.3) is 0 Å². The number of hydrogen-bond acceptors (Lipinski definition) is 6. The minimum Gasteiger partial charge on any atom is -0.502 e. The molecule has 0 radical (unpaired) electrons. The van der Waals surface area contributed by atoms with Crippen LogP contribution in [-0.4, -0.2) is 22.2 Å². The highest BCUT2D eigenvalue weighted by Crippen LogP contribution is 2.25. The third-order valence-electron chi connectivity index (χ3n) is 2.51. The molecule has 0 aliphatic rings. The number of nitrogens with one attached hydrogen (secondary N) is 1. The van der Waals surface area contributed by atoms with Crippen LogP contribution >= 0.6 is 11.3 Å². The second-order valence-electron chi connectivity index (χ2n) is 4.05. The summed E-state index contributed by atoms with van der Waals surface area (Å²) in [7, 11) is 0. The first kappa shape index (κ1) is 14.7. The van der Waals surface area contributed by atoms with Crippen LogP contribution in [0.3, 0.4) is 0 Å². The minimum absolute atomic E-state index is 0.227. The summed E-state index contributed by atoms with van der Waals surface area (Å²) in [4.78, 5) is 22.5. The maximum atomic E-state index is 11.6. The average Bonchev–Trinajstić information content (AvgIpc) is 2.93. The number of benzene rings is 1. The van der Waals surface area contributed by atoms with E-state index < -0.39 is 16.4 Å². The molecule has 0 saturated carbocycles. The third-order valence-corrected chi connectivity index (χ3v) is 3.39. The Morgan fingerprint density at radius 3 is 2.95 bits per heavy atom. The first-order valence-corrected chi connectivity index (χ1v) is 6.76. The Hall–Kier alpha value is -2.74. The van der Waals surface area contributed by atoms with Gasteiger partial charge in [0.25, 0.3) is 0 Å². The lowest BCUT2D eigenvalue weighted by molar-refractivity contribution is -0.385. The number of phenolic OH excluding ortho intramolecular Hbond substituents is 1. The lowest BCUT2D eigenvalue weighted by Crippen LogP contribution is -2.19. The number of hydrazone groups is 1. The molecule has 0 spiro atoms. The van der Waals surface area contributed by atoms with E-state index in [0.29, 0.717) is 5.56 Å². The summed E-state index contributed by atoms with van der Waals surface area (Å²) in [6.07, 6.45) is 1.50. The van der Waals surface area contributed by atoms with Crippen molar-refractivity contribution in [2.24, 2.45) is 5.10 Å². The van der Waals surface area contributed by atoms with Crippen molar-refractivity contribution in [2.45, 2.75) is 6.42 Å². The number of carbonyl (C=O) groups excluding carboxylic acids is 1. The van der Waals surface area contributed by atoms with Crippen LogP contribution in [0.2, 0.25) is 0 Å². The smallest absolute Gasteiger partial charge is 0.311 e. The molecule has 0 bridgehead atoms. The van der Waals surface area contributed by atoms with E-state index in [2.05, 4.69) is 10.5 Å². The number of carbonyl (C=O) groups is 1. The van der Waals surface area contributed by atoms with Crippen molar-refractivity contribution in [3.05, 3.63) is 56.3 Å². The van der Waals surface area contributed by atoms with Gasteiger partial charge in [0.2, 0.25) is 5.91 Å². The zero-order chi connectivity index (χ0) is 15.2. The van der Waals surface area contributed by atoms with Crippen molar-refractivity contribution < 1.29 is 14.8 Å². The summed E-state index contributed by atoms with van der Waals surface area (Å²) < 4.78 is 0. The van der Waals surface area contributed by atoms with Gasteiger partial charge < -0.3 is 5.11 Å². The predicted molar refractivity (Wildman–Crippen MR) is 78.5 cm³/mol. The maximum Gasteiger partial charge on any atom is 0.311 e. The van der Waals surface area contributed by atoms with Crippen LogP contribution in [0.4, 0.5) is 5.69 Å². The van der Waals surface area contributed by atoms with E-state index >= 15 is 0 Å². The van der Waals surface area contributed by atoms with Gasteiger partial charge in [-0.1, -0.05) is 6.07 Å². The molecule has 0 unspecified atom stereocenters. The molecule has 108 valence electrons. The molecule has 8 heteroatoms. The zero-order valence-electron chi connectivity index (χ0n) is 10.7. The Morgan fingerprint density at radius 1 is 1.48 bits per heavy atom. The van der Waals surface area contributed by atoms with Crippen molar-refractivity contribution in [3.63, 3.8) is 0 Å². The fourth-order valence-electron chi connectivity index (χ4n) is 1.56. The minimum atomic E-state index is -0.692. The van der Waals surface area contributed by atoms with E-state index in [0.717, 1.165) is 4.88 Å². The van der Waals surface area contributed by atoms with Gasteiger partial charge in [0.1, 0.15) is 0 Å². The Balaban J connectivity index is 1.96. The highest BCUT2D eigenvalue weighted by atomic mass is 32.1. The molecule has 1 amide bonds. The quantitative estimate of drug-likeness (QED) is 0.501. The van der Waals surface area contributed by atoms with Crippen molar-refractivity contribution in [1.29, 1.82) is 0 Å². The highest BCUT2D eigenvalue weighted by molar-refractivity contribution is 7.10. The van der Waals surface area contributed by atoms with Crippen LogP contribution in [0.5, 0.6) is 5.75 Å². The van der Waals surface area contributed by atoms with E-state index in [1.807, 2.05) is 17.5 Å². The summed E-state index contributed by atoms with van der Waals surface area (Å²) in [6.45, 7) is 0. The molecule has 1 aromatic heterocycles. The van der Waals surface area contributed by atoms with Crippen LogP contribution in [0.15, 0.2) is 40.8 Å². The van der Waals surface area contributed by atoms with Crippen molar-refractivity contribution in [1.82, 2.24) is 5.43 Å². The van der Waals surface area contributed by atoms with Gasteiger partial charge in [-0.2, -0.15) is 5.10 Å². The molecule has 2 N–H and O–H groups in total. The summed E-state index contributed by atoms with van der Waals surface area (Å²) in [5.41, 5.74) is 2.32. The number of rotatable bonds is 5. The molecule has 7 nitrogen and oxygen atoms in total. The molecular weight excluding hydrogens is 294 g/mol. The van der Waals surface area contributed by atoms with Gasteiger partial charge in [-0.25, -0.2) is 5.43 Å². The largest absolute Gasteiger partial charge is 0.502 e. The topological polar surface area (TPSA) is 105 Å². The second kappa shape index (κ2) is 6.62. The van der Waals surface area contributed by atoms with E-state index in [1.54, 1.807) is 0 Å². The molecule has 1 heterocycles. The number of nitrogens with zero attached hydrogens (tertiary/aromatic N) is 2. The number of thiophene rings is 1. The Morgan fingerprint density at radius 2 is 2.29 bits per heavy atom. The Labute approximate surface area is 123 Å². The number of nitro benzene ring substituents is 1. The van der Waals surface area contributed by atoms with E-state index in [1.165, 1.54) is 35.8 Å². The van der Waals surface area contributed by atoms with Gasteiger partial charge in [-0.15, -0.1) is 11.3 Å². The second-order valence-corrected chi connectivity index (χ2v) is 5.09. The predicted octanol–water partition coefficient (Wildman–Crippen LogP) is 2.05. The number of nitro groups is 1. The fourth-order valence-corrected chi connectivity index (χ4v) is 2.26. The Bertz CT molecular complexity index is 683. The lowest BCUT2D eigenvalue weighted by Gasteiger charge is -1.99. The molecule has 0 aliphatic carbocycles. The van der Waals surface area contributed by atoms with Crippen molar-refractivity contribution >= 4 is 29.1 Å². The highest BCUT2D eigenvalue weighted by Gasteiger charge is 2.12. The van der Waals surface area contributed by atoms with Gasteiger partial charge in [0, 0.05) is 16.5 Å². The summed E-state index contributed by atoms with van der Waals surface area (Å²) in [5.74, 6) is -0.694. The van der Waals surface area contributed by atoms with E-state index in [9.17, 15) is 20.0 Å². The zero-order valence-corrected chi connectivity index (χ0v) is 11.5. The Kier molecular flexibility index (Phi) is 4.62. The number of aromatic hydroxyl groups is 1. The monoisotopic (exact) mass is 305 g/mol.